The van der Waals surface area contributed by atoms with Crippen molar-refractivity contribution in [3.63, 3.8) is 0 Å². The van der Waals surface area contributed by atoms with Crippen LogP contribution in [0.5, 0.6) is 11.5 Å². The fourth-order valence-electron chi connectivity index (χ4n) is 3.49. The van der Waals surface area contributed by atoms with Gasteiger partial charge in [0.05, 0.1) is 25.6 Å². The zero-order valence-electron chi connectivity index (χ0n) is 16.6. The SMILES string of the molecule is CCOc1cc(Br)c(CC(=O)N2CCCC(C(=O)NC3CC3)C2)cc1OCC. The number of benzene rings is 1. The van der Waals surface area contributed by atoms with Crippen molar-refractivity contribution < 1.29 is 19.1 Å². The number of hydrogen-bond donors (Lipinski definition) is 1. The van der Waals surface area contributed by atoms with Crippen molar-refractivity contribution in [3.05, 3.63) is 22.2 Å². The van der Waals surface area contributed by atoms with Crippen LogP contribution in [0.3, 0.4) is 0 Å². The van der Waals surface area contributed by atoms with Gasteiger partial charge in [0, 0.05) is 23.6 Å². The quantitative estimate of drug-likeness (QED) is 0.656. The first kappa shape index (κ1) is 21.0. The van der Waals surface area contributed by atoms with E-state index in [9.17, 15) is 9.59 Å². The predicted octanol–water partition coefficient (Wildman–Crippen LogP) is 3.31. The van der Waals surface area contributed by atoms with Crippen molar-refractivity contribution in [2.24, 2.45) is 5.92 Å². The van der Waals surface area contributed by atoms with Gasteiger partial charge in [0.25, 0.3) is 0 Å². The maximum atomic E-state index is 12.9. The molecule has 2 aliphatic rings. The molecular formula is C21H29BrN2O4. The number of nitrogens with zero attached hydrogens (tertiary/aromatic N) is 1. The molecule has 1 aliphatic heterocycles. The Labute approximate surface area is 175 Å². The van der Waals surface area contributed by atoms with Crippen molar-refractivity contribution in [2.45, 2.75) is 52.0 Å². The highest BCUT2D eigenvalue weighted by atomic mass is 79.9. The molecule has 1 saturated carbocycles. The van der Waals surface area contributed by atoms with Gasteiger partial charge in [-0.2, -0.15) is 0 Å². The van der Waals surface area contributed by atoms with E-state index in [2.05, 4.69) is 21.2 Å². The van der Waals surface area contributed by atoms with Crippen molar-refractivity contribution in [1.29, 1.82) is 0 Å². The second-order valence-corrected chi connectivity index (χ2v) is 8.25. The lowest BCUT2D eigenvalue weighted by Gasteiger charge is -2.32. The normalized spacial score (nSPS) is 19.2. The van der Waals surface area contributed by atoms with Crippen molar-refractivity contribution in [2.75, 3.05) is 26.3 Å². The predicted molar refractivity (Wildman–Crippen MR) is 111 cm³/mol. The summed E-state index contributed by atoms with van der Waals surface area (Å²) in [6.07, 6.45) is 4.14. The van der Waals surface area contributed by atoms with Crippen LogP contribution in [0.4, 0.5) is 0 Å². The summed E-state index contributed by atoms with van der Waals surface area (Å²) in [7, 11) is 0. The highest BCUT2D eigenvalue weighted by molar-refractivity contribution is 9.10. The molecule has 1 unspecified atom stereocenters. The highest BCUT2D eigenvalue weighted by Crippen LogP contribution is 2.34. The smallest absolute Gasteiger partial charge is 0.227 e. The van der Waals surface area contributed by atoms with E-state index < -0.39 is 0 Å². The van der Waals surface area contributed by atoms with Gasteiger partial charge in [-0.05, 0) is 57.2 Å². The van der Waals surface area contributed by atoms with E-state index in [1.165, 1.54) is 0 Å². The molecule has 6 nitrogen and oxygen atoms in total. The molecule has 1 heterocycles. The number of hydrogen-bond acceptors (Lipinski definition) is 4. The molecule has 1 saturated heterocycles. The first-order valence-corrected chi connectivity index (χ1v) is 11.0. The number of likely N-dealkylation sites (tertiary alicyclic amines) is 1. The fraction of sp³-hybridized carbons (Fsp3) is 0.619. The van der Waals surface area contributed by atoms with E-state index in [1.54, 1.807) is 0 Å². The average molecular weight is 453 g/mol. The van der Waals surface area contributed by atoms with Crippen LogP contribution in [-0.4, -0.2) is 49.1 Å². The zero-order valence-corrected chi connectivity index (χ0v) is 18.2. The summed E-state index contributed by atoms with van der Waals surface area (Å²) in [5.74, 6) is 1.36. The molecule has 0 aromatic heterocycles. The number of carbonyl (C=O) groups is 2. The third kappa shape index (κ3) is 5.40. The van der Waals surface area contributed by atoms with Gasteiger partial charge >= 0.3 is 0 Å². The maximum absolute atomic E-state index is 12.9. The number of ether oxygens (including phenoxy) is 2. The number of piperidine rings is 1. The average Bonchev–Trinajstić information content (AvgIpc) is 3.49. The van der Waals surface area contributed by atoms with Gasteiger partial charge in [0.2, 0.25) is 11.8 Å². The number of nitrogens with one attached hydrogen (secondary N) is 1. The Morgan fingerprint density at radius 3 is 2.46 bits per heavy atom. The molecule has 1 aliphatic carbocycles. The van der Waals surface area contributed by atoms with E-state index in [1.807, 2.05) is 30.9 Å². The van der Waals surface area contributed by atoms with Gasteiger partial charge in [0.15, 0.2) is 11.5 Å². The molecule has 1 N–H and O–H groups in total. The second kappa shape index (κ2) is 9.63. The summed E-state index contributed by atoms with van der Waals surface area (Å²) in [6.45, 7) is 6.13. The number of amides is 2. The maximum Gasteiger partial charge on any atom is 0.227 e. The van der Waals surface area contributed by atoms with Crippen LogP contribution in [0.15, 0.2) is 16.6 Å². The van der Waals surface area contributed by atoms with E-state index in [0.29, 0.717) is 43.8 Å². The molecule has 2 amide bonds. The largest absolute Gasteiger partial charge is 0.490 e. The van der Waals surface area contributed by atoms with Crippen LogP contribution in [0.25, 0.3) is 0 Å². The minimum atomic E-state index is -0.0962. The summed E-state index contributed by atoms with van der Waals surface area (Å²) in [6, 6.07) is 4.09. The van der Waals surface area contributed by atoms with Crippen LogP contribution < -0.4 is 14.8 Å². The molecule has 7 heteroatoms. The Kier molecular flexibility index (Phi) is 7.21. The number of halogens is 1. The Morgan fingerprint density at radius 2 is 1.82 bits per heavy atom. The molecule has 0 spiro atoms. The van der Waals surface area contributed by atoms with Gasteiger partial charge in [-0.25, -0.2) is 0 Å². The first-order chi connectivity index (χ1) is 13.5. The lowest BCUT2D eigenvalue weighted by molar-refractivity contribution is -0.135. The zero-order chi connectivity index (χ0) is 20.1. The Hall–Kier alpha value is -1.76. The Morgan fingerprint density at radius 1 is 1.14 bits per heavy atom. The second-order valence-electron chi connectivity index (χ2n) is 7.39. The van der Waals surface area contributed by atoms with Crippen LogP contribution in [0.2, 0.25) is 0 Å². The molecule has 0 bridgehead atoms. The van der Waals surface area contributed by atoms with Gasteiger partial charge in [-0.1, -0.05) is 15.9 Å². The minimum absolute atomic E-state index is 0.0382. The molecule has 0 radical (unpaired) electrons. The molecule has 28 heavy (non-hydrogen) atoms. The van der Waals surface area contributed by atoms with Crippen LogP contribution in [0, 0.1) is 5.92 Å². The number of rotatable bonds is 8. The van der Waals surface area contributed by atoms with Gasteiger partial charge in [0.1, 0.15) is 0 Å². The van der Waals surface area contributed by atoms with E-state index in [-0.39, 0.29) is 24.2 Å². The van der Waals surface area contributed by atoms with Gasteiger partial charge in [-0.15, -0.1) is 0 Å². The summed E-state index contributed by atoms with van der Waals surface area (Å²) >= 11 is 3.55. The topological polar surface area (TPSA) is 67.9 Å². The third-order valence-electron chi connectivity index (χ3n) is 5.12. The molecule has 1 aromatic carbocycles. The summed E-state index contributed by atoms with van der Waals surface area (Å²) in [5.41, 5.74) is 0.862. The van der Waals surface area contributed by atoms with Gasteiger partial charge < -0.3 is 19.7 Å². The molecule has 2 fully saturated rings. The molecule has 154 valence electrons. The Bertz CT molecular complexity index is 721. The van der Waals surface area contributed by atoms with Crippen LogP contribution in [-0.2, 0) is 16.0 Å². The lowest BCUT2D eigenvalue weighted by Crippen LogP contribution is -2.46. The Balaban J connectivity index is 1.65. The van der Waals surface area contributed by atoms with Crippen LogP contribution >= 0.6 is 15.9 Å². The summed E-state index contributed by atoms with van der Waals surface area (Å²) in [4.78, 5) is 27.1. The number of carbonyl (C=O) groups excluding carboxylic acids is 2. The van der Waals surface area contributed by atoms with Crippen LogP contribution in [0.1, 0.15) is 45.1 Å². The van der Waals surface area contributed by atoms with Crippen molar-refractivity contribution in [1.82, 2.24) is 10.2 Å². The van der Waals surface area contributed by atoms with E-state index in [0.717, 1.165) is 35.7 Å². The molecular weight excluding hydrogens is 424 g/mol. The standard InChI is InChI=1S/C21H29BrN2O4/c1-3-27-18-10-15(17(22)12-19(18)28-4-2)11-20(25)24-9-5-6-14(13-24)21(26)23-16-7-8-16/h10,12,14,16H,3-9,11,13H2,1-2H3,(H,23,26). The summed E-state index contributed by atoms with van der Waals surface area (Å²) < 4.78 is 12.1. The fourth-order valence-corrected chi connectivity index (χ4v) is 3.95. The molecule has 1 atom stereocenters. The van der Waals surface area contributed by atoms with E-state index in [4.69, 9.17) is 9.47 Å². The van der Waals surface area contributed by atoms with Gasteiger partial charge in [-0.3, -0.25) is 9.59 Å². The molecule has 3 rings (SSSR count). The third-order valence-corrected chi connectivity index (χ3v) is 5.86. The lowest BCUT2D eigenvalue weighted by atomic mass is 9.96. The summed E-state index contributed by atoms with van der Waals surface area (Å²) in [5, 5.41) is 3.07. The van der Waals surface area contributed by atoms with Crippen molar-refractivity contribution >= 4 is 27.7 Å². The van der Waals surface area contributed by atoms with Crippen molar-refractivity contribution in [3.8, 4) is 11.5 Å². The molecule has 1 aromatic rings. The van der Waals surface area contributed by atoms with E-state index >= 15 is 0 Å². The monoisotopic (exact) mass is 452 g/mol. The minimum Gasteiger partial charge on any atom is -0.490 e. The highest BCUT2D eigenvalue weighted by Gasteiger charge is 2.32. The first-order valence-electron chi connectivity index (χ1n) is 10.2.